The topological polar surface area (TPSA) is 110 Å². The minimum absolute atomic E-state index is 0.126. The van der Waals surface area contributed by atoms with Crippen molar-refractivity contribution in [3.8, 4) is 5.75 Å². The molecule has 1 aromatic carbocycles. The molecule has 0 amide bonds. The molecule has 138 valence electrons. The molecule has 0 radical (unpaired) electrons. The van der Waals surface area contributed by atoms with E-state index in [9.17, 15) is 4.79 Å². The number of fused-ring (bicyclic) bond motifs is 2. The minimum Gasteiger partial charge on any atom is -0.495 e. The fourth-order valence-corrected chi connectivity index (χ4v) is 3.86. The molecular weight excluding hydrogens is 366 g/mol. The third-order valence-electron chi connectivity index (χ3n) is 4.23. The van der Waals surface area contributed by atoms with Crippen molar-refractivity contribution in [3.05, 3.63) is 34.6 Å². The van der Waals surface area contributed by atoms with Gasteiger partial charge in [-0.3, -0.25) is 9.79 Å². The number of ether oxygens (including phenoxy) is 1. The summed E-state index contributed by atoms with van der Waals surface area (Å²) in [6.45, 7) is 0.662. The SMILES string of the molecule is COc1cc2c(cc1Nc1ncnc3sc(CCCC(=O)O)nc13)C=NC2. The molecule has 3 aromatic rings. The zero-order chi connectivity index (χ0) is 18.8. The molecule has 8 nitrogen and oxygen atoms in total. The molecule has 0 bridgehead atoms. The summed E-state index contributed by atoms with van der Waals surface area (Å²) in [4.78, 5) is 29.0. The molecule has 0 fully saturated rings. The number of benzene rings is 1. The predicted octanol–water partition coefficient (Wildman–Crippen LogP) is 3.18. The molecule has 0 spiro atoms. The summed E-state index contributed by atoms with van der Waals surface area (Å²) in [5.41, 5.74) is 3.63. The third kappa shape index (κ3) is 3.59. The molecule has 0 saturated heterocycles. The number of rotatable bonds is 7. The number of aromatic nitrogens is 3. The second kappa shape index (κ2) is 7.28. The summed E-state index contributed by atoms with van der Waals surface area (Å²) in [5.74, 6) is 0.502. The van der Waals surface area contributed by atoms with Crippen molar-refractivity contribution in [3.63, 3.8) is 0 Å². The Labute approximate surface area is 159 Å². The first-order chi connectivity index (χ1) is 13.1. The highest BCUT2D eigenvalue weighted by Crippen LogP contribution is 2.34. The van der Waals surface area contributed by atoms with Crippen LogP contribution in [0.5, 0.6) is 5.75 Å². The van der Waals surface area contributed by atoms with Gasteiger partial charge in [0.15, 0.2) is 5.82 Å². The van der Waals surface area contributed by atoms with Gasteiger partial charge in [-0.1, -0.05) is 11.3 Å². The predicted molar refractivity (Wildman–Crippen MR) is 103 cm³/mol. The Morgan fingerprint density at radius 1 is 1.37 bits per heavy atom. The fraction of sp³-hybridized carbons (Fsp3) is 0.278. The van der Waals surface area contributed by atoms with Crippen LogP contribution in [0.15, 0.2) is 23.5 Å². The summed E-state index contributed by atoms with van der Waals surface area (Å²) in [5, 5.41) is 12.9. The van der Waals surface area contributed by atoms with Gasteiger partial charge < -0.3 is 15.2 Å². The number of nitrogens with one attached hydrogen (secondary N) is 1. The lowest BCUT2D eigenvalue weighted by molar-refractivity contribution is -0.137. The number of hydrogen-bond acceptors (Lipinski definition) is 8. The second-order valence-electron chi connectivity index (χ2n) is 6.08. The maximum Gasteiger partial charge on any atom is 0.303 e. The van der Waals surface area contributed by atoms with Crippen LogP contribution in [0.3, 0.4) is 0 Å². The van der Waals surface area contributed by atoms with E-state index in [-0.39, 0.29) is 6.42 Å². The molecule has 0 saturated carbocycles. The highest BCUT2D eigenvalue weighted by molar-refractivity contribution is 7.18. The first-order valence-corrected chi connectivity index (χ1v) is 9.25. The summed E-state index contributed by atoms with van der Waals surface area (Å²) < 4.78 is 5.50. The van der Waals surface area contributed by atoms with Gasteiger partial charge in [0.1, 0.15) is 22.4 Å². The van der Waals surface area contributed by atoms with Gasteiger partial charge in [0.25, 0.3) is 0 Å². The van der Waals surface area contributed by atoms with Crippen LogP contribution < -0.4 is 10.1 Å². The van der Waals surface area contributed by atoms with Crippen LogP contribution in [0.4, 0.5) is 11.5 Å². The largest absolute Gasteiger partial charge is 0.495 e. The molecule has 4 rings (SSSR count). The fourth-order valence-electron chi connectivity index (χ4n) is 2.92. The standard InChI is InChI=1S/C18H17N5O3S/c1-26-13-6-11-8-19-7-10(11)5-12(13)22-17-16-18(21-9-20-17)27-14(23-16)3-2-4-15(24)25/h5-7,9H,2-4,8H2,1H3,(H,24,25)(H,20,21,22). The number of anilines is 2. The Balaban J connectivity index is 1.63. The van der Waals surface area contributed by atoms with E-state index in [2.05, 4.69) is 25.3 Å². The molecule has 0 atom stereocenters. The number of methoxy groups -OCH3 is 1. The van der Waals surface area contributed by atoms with E-state index < -0.39 is 5.97 Å². The highest BCUT2D eigenvalue weighted by Gasteiger charge is 2.16. The van der Waals surface area contributed by atoms with E-state index in [0.717, 1.165) is 26.7 Å². The smallest absolute Gasteiger partial charge is 0.303 e. The average molecular weight is 383 g/mol. The number of aliphatic carboxylic acids is 1. The number of carbonyl (C=O) groups is 1. The quantitative estimate of drug-likeness (QED) is 0.645. The van der Waals surface area contributed by atoms with E-state index in [0.29, 0.717) is 36.5 Å². The van der Waals surface area contributed by atoms with Crippen LogP contribution >= 0.6 is 11.3 Å². The van der Waals surface area contributed by atoms with E-state index in [1.54, 1.807) is 7.11 Å². The third-order valence-corrected chi connectivity index (χ3v) is 5.25. The van der Waals surface area contributed by atoms with E-state index in [1.165, 1.54) is 17.7 Å². The summed E-state index contributed by atoms with van der Waals surface area (Å²) in [6.07, 6.45) is 4.61. The zero-order valence-electron chi connectivity index (χ0n) is 14.6. The number of aryl methyl sites for hydroxylation is 1. The Morgan fingerprint density at radius 3 is 3.07 bits per heavy atom. The van der Waals surface area contributed by atoms with Gasteiger partial charge in [0.05, 0.1) is 24.3 Å². The molecule has 3 heterocycles. The van der Waals surface area contributed by atoms with Crippen molar-refractivity contribution < 1.29 is 14.6 Å². The van der Waals surface area contributed by atoms with Crippen LogP contribution in [-0.4, -0.2) is 39.4 Å². The molecule has 1 aliphatic heterocycles. The van der Waals surface area contributed by atoms with Crippen molar-refractivity contribution in [2.75, 3.05) is 12.4 Å². The summed E-state index contributed by atoms with van der Waals surface area (Å²) in [6, 6.07) is 3.96. The Hall–Kier alpha value is -3.07. The Kier molecular flexibility index (Phi) is 4.68. The molecular formula is C18H17N5O3S. The summed E-state index contributed by atoms with van der Waals surface area (Å²) in [7, 11) is 1.63. The normalized spacial score (nSPS) is 12.3. The molecule has 1 aliphatic rings. The lowest BCUT2D eigenvalue weighted by Crippen LogP contribution is -2.00. The highest BCUT2D eigenvalue weighted by atomic mass is 32.1. The van der Waals surface area contributed by atoms with Crippen molar-refractivity contribution in [2.24, 2.45) is 4.99 Å². The van der Waals surface area contributed by atoms with Crippen molar-refractivity contribution in [1.82, 2.24) is 15.0 Å². The lowest BCUT2D eigenvalue weighted by atomic mass is 10.1. The van der Waals surface area contributed by atoms with E-state index in [4.69, 9.17) is 9.84 Å². The van der Waals surface area contributed by atoms with Gasteiger partial charge in [-0.05, 0) is 36.1 Å². The molecule has 0 unspecified atom stereocenters. The van der Waals surface area contributed by atoms with Gasteiger partial charge >= 0.3 is 5.97 Å². The lowest BCUT2D eigenvalue weighted by Gasteiger charge is -2.12. The van der Waals surface area contributed by atoms with Crippen molar-refractivity contribution in [2.45, 2.75) is 25.8 Å². The first kappa shape index (κ1) is 17.3. The number of aliphatic imine (C=N–C) groups is 1. The van der Waals surface area contributed by atoms with Gasteiger partial charge in [0, 0.05) is 12.6 Å². The van der Waals surface area contributed by atoms with Crippen LogP contribution in [-0.2, 0) is 17.8 Å². The number of hydrogen-bond donors (Lipinski definition) is 2. The molecule has 27 heavy (non-hydrogen) atoms. The van der Waals surface area contributed by atoms with Crippen molar-refractivity contribution in [1.29, 1.82) is 0 Å². The van der Waals surface area contributed by atoms with Crippen molar-refractivity contribution >= 4 is 45.4 Å². The molecule has 2 aromatic heterocycles. The van der Waals surface area contributed by atoms with Crippen LogP contribution in [0.2, 0.25) is 0 Å². The van der Waals surface area contributed by atoms with E-state index >= 15 is 0 Å². The Bertz CT molecular complexity index is 1050. The second-order valence-corrected chi connectivity index (χ2v) is 7.14. The van der Waals surface area contributed by atoms with Crippen LogP contribution in [0.1, 0.15) is 29.0 Å². The van der Waals surface area contributed by atoms with Gasteiger partial charge in [-0.15, -0.1) is 0 Å². The monoisotopic (exact) mass is 383 g/mol. The van der Waals surface area contributed by atoms with E-state index in [1.807, 2.05) is 18.3 Å². The maximum absolute atomic E-state index is 10.7. The van der Waals surface area contributed by atoms with Gasteiger partial charge in [-0.2, -0.15) is 0 Å². The maximum atomic E-state index is 10.7. The molecule has 0 aliphatic carbocycles. The molecule has 9 heteroatoms. The first-order valence-electron chi connectivity index (χ1n) is 8.44. The number of carboxylic acid groups (broad SMARTS) is 1. The number of carboxylic acids is 1. The zero-order valence-corrected chi connectivity index (χ0v) is 15.4. The van der Waals surface area contributed by atoms with Gasteiger partial charge in [0.2, 0.25) is 0 Å². The van der Waals surface area contributed by atoms with Crippen LogP contribution in [0.25, 0.3) is 10.3 Å². The minimum atomic E-state index is -0.800. The molecule has 2 N–H and O–H groups in total. The van der Waals surface area contributed by atoms with Crippen LogP contribution in [0, 0.1) is 0 Å². The summed E-state index contributed by atoms with van der Waals surface area (Å²) >= 11 is 1.46. The van der Waals surface area contributed by atoms with Gasteiger partial charge in [-0.25, -0.2) is 15.0 Å². The Morgan fingerprint density at radius 2 is 2.26 bits per heavy atom. The number of nitrogens with zero attached hydrogens (tertiary/aromatic N) is 4. The number of thiazole rings is 1. The average Bonchev–Trinajstić information content (AvgIpc) is 3.27.